The fourth-order valence-corrected chi connectivity index (χ4v) is 3.09. The highest BCUT2D eigenvalue weighted by Gasteiger charge is 2.18. The van der Waals surface area contributed by atoms with Gasteiger partial charge in [-0.25, -0.2) is 4.79 Å². The Morgan fingerprint density at radius 3 is 1.79 bits per heavy atom. The summed E-state index contributed by atoms with van der Waals surface area (Å²) in [6, 6.07) is 19.6. The molecule has 0 aliphatic carbocycles. The number of nitrogens with zero attached hydrogens (tertiary/aromatic N) is 1. The number of hydrogen-bond donors (Lipinski definition) is 2. The van der Waals surface area contributed by atoms with Crippen LogP contribution >= 0.6 is 11.8 Å². The van der Waals surface area contributed by atoms with Gasteiger partial charge in [0.05, 0.1) is 32.4 Å². The summed E-state index contributed by atoms with van der Waals surface area (Å²) in [4.78, 5) is 34.7. The van der Waals surface area contributed by atoms with E-state index in [0.717, 1.165) is 23.7 Å². The van der Waals surface area contributed by atoms with Gasteiger partial charge in [-0.1, -0.05) is 48.2 Å². The molecule has 0 aliphatic rings. The van der Waals surface area contributed by atoms with Gasteiger partial charge >= 0.3 is 5.97 Å². The number of carbonyl (C=O) groups is 3. The molecule has 0 heterocycles. The van der Waals surface area contributed by atoms with Crippen molar-refractivity contribution in [2.45, 2.75) is 0 Å². The predicted octanol–water partition coefficient (Wildman–Crippen LogP) is 1.20. The van der Waals surface area contributed by atoms with Gasteiger partial charge in [-0.05, 0) is 30.3 Å². The summed E-state index contributed by atoms with van der Waals surface area (Å²) in [7, 11) is 4.19. The zero-order valence-corrected chi connectivity index (χ0v) is 17.1. The van der Waals surface area contributed by atoms with Crippen LogP contribution in [0.4, 0.5) is 16.2 Å². The monoisotopic (exact) mass is 416 g/mol. The summed E-state index contributed by atoms with van der Waals surface area (Å²) >= 11 is 1.37. The van der Waals surface area contributed by atoms with Gasteiger partial charge in [-0.2, -0.15) is 0 Å². The highest BCUT2D eigenvalue weighted by molar-refractivity contribution is 8.13. The Hall–Kier alpha value is -3.10. The minimum Gasteiger partial charge on any atom is -0.545 e. The van der Waals surface area contributed by atoms with Gasteiger partial charge in [-0.15, -0.1) is 0 Å². The molecule has 0 saturated carbocycles. The summed E-state index contributed by atoms with van der Waals surface area (Å²) in [5.74, 6) is -1.99. The van der Waals surface area contributed by atoms with E-state index in [0.29, 0.717) is 12.2 Å². The molecule has 29 heavy (non-hydrogen) atoms. The Morgan fingerprint density at radius 2 is 1.45 bits per heavy atom. The minimum atomic E-state index is -1.51. The second-order valence-corrected chi connectivity index (χ2v) is 7.11. The van der Waals surface area contributed by atoms with Crippen LogP contribution in [0.3, 0.4) is 0 Å². The van der Waals surface area contributed by atoms with E-state index in [1.807, 2.05) is 60.7 Å². The Balaban J connectivity index is 0.000000447. The topological polar surface area (TPSA) is 102 Å². The third kappa shape index (κ3) is 10.1. The fraction of sp³-hybridized carbons (Fsp3) is 0.190. The van der Waals surface area contributed by atoms with Gasteiger partial charge in [-0.3, -0.25) is 9.69 Å². The largest absolute Gasteiger partial charge is 0.545 e. The molecule has 0 unspecified atom stereocenters. The number of amides is 1. The summed E-state index contributed by atoms with van der Waals surface area (Å²) in [5.41, 5.74) is 1.80. The standard InChI is InChI=1S/C17H20N2OS.C4H4O4/c1-18(2)13-14-21-17(20)19(15-9-5-3-6-10-15)16-11-7-4-8-12-16;5-3(6)1-2-4(7)8/h3-12H,13-14H2,1-2H3;1-2H,(H,5,6)(H,7,8)/b;2-1-. The summed E-state index contributed by atoms with van der Waals surface area (Å²) in [6.45, 7) is 0.966. The van der Waals surface area contributed by atoms with Crippen LogP contribution in [0.5, 0.6) is 0 Å². The number of carboxylic acids is 2. The van der Waals surface area contributed by atoms with Gasteiger partial charge in [0.1, 0.15) is 0 Å². The zero-order chi connectivity index (χ0) is 21.6. The molecule has 7 nitrogen and oxygen atoms in total. The molecular formula is C21H24N2O5S. The molecule has 1 amide bonds. The SMILES string of the molecule is C[NH+](C)CCSC(=O)N(c1ccccc1)c1ccccc1.O=C([O-])/C=C\C(=O)O. The molecule has 0 fully saturated rings. The van der Waals surface area contributed by atoms with Crippen molar-refractivity contribution in [1.82, 2.24) is 0 Å². The van der Waals surface area contributed by atoms with Crippen LogP contribution in [-0.2, 0) is 9.59 Å². The fourth-order valence-electron chi connectivity index (χ4n) is 2.06. The number of thioether (sulfide) groups is 1. The smallest absolute Gasteiger partial charge is 0.328 e. The molecule has 154 valence electrons. The van der Waals surface area contributed by atoms with Crippen LogP contribution in [0, 0.1) is 0 Å². The molecule has 0 spiro atoms. The van der Waals surface area contributed by atoms with Crippen LogP contribution in [0.25, 0.3) is 0 Å². The number of aliphatic carboxylic acids is 2. The first kappa shape index (κ1) is 23.9. The maximum absolute atomic E-state index is 12.6. The van der Waals surface area contributed by atoms with Gasteiger partial charge in [0.25, 0.3) is 5.24 Å². The summed E-state index contributed by atoms with van der Waals surface area (Å²) in [5, 5.41) is 17.3. The van der Waals surface area contributed by atoms with E-state index in [2.05, 4.69) is 14.1 Å². The first-order valence-corrected chi connectivity index (χ1v) is 9.77. The molecule has 2 aromatic rings. The molecule has 0 bridgehead atoms. The van der Waals surface area contributed by atoms with E-state index < -0.39 is 11.9 Å². The number of carboxylic acid groups (broad SMARTS) is 2. The van der Waals surface area contributed by atoms with E-state index in [4.69, 9.17) is 5.11 Å². The van der Waals surface area contributed by atoms with E-state index in [-0.39, 0.29) is 5.24 Å². The maximum Gasteiger partial charge on any atom is 0.328 e. The van der Waals surface area contributed by atoms with E-state index in [1.165, 1.54) is 16.7 Å². The average Bonchev–Trinajstić information content (AvgIpc) is 2.68. The molecule has 0 saturated heterocycles. The van der Waals surface area contributed by atoms with Gasteiger partial charge in [0.15, 0.2) is 0 Å². The number of rotatable bonds is 7. The van der Waals surface area contributed by atoms with Crippen molar-refractivity contribution in [3.05, 3.63) is 72.8 Å². The van der Waals surface area contributed by atoms with Gasteiger partial charge in [0.2, 0.25) is 0 Å². The zero-order valence-electron chi connectivity index (χ0n) is 16.3. The maximum atomic E-state index is 12.6. The van der Waals surface area contributed by atoms with Crippen LogP contribution in [-0.4, -0.2) is 48.7 Å². The normalized spacial score (nSPS) is 10.3. The Bertz CT molecular complexity index is 755. The molecule has 2 N–H and O–H groups in total. The Labute approximate surface area is 174 Å². The van der Waals surface area contributed by atoms with Crippen LogP contribution in [0.1, 0.15) is 0 Å². The first-order chi connectivity index (χ1) is 13.8. The van der Waals surface area contributed by atoms with Gasteiger partial charge in [0, 0.05) is 17.5 Å². The molecule has 0 aromatic heterocycles. The van der Waals surface area contributed by atoms with Crippen LogP contribution in [0.2, 0.25) is 0 Å². The number of benzene rings is 2. The minimum absolute atomic E-state index is 0.0636. The quantitative estimate of drug-likeness (QED) is 0.658. The van der Waals surface area contributed by atoms with Crippen molar-refractivity contribution in [3.63, 3.8) is 0 Å². The van der Waals surface area contributed by atoms with Crippen molar-refractivity contribution < 1.29 is 29.5 Å². The molecule has 8 heteroatoms. The third-order valence-corrected chi connectivity index (χ3v) is 4.24. The van der Waals surface area contributed by atoms with E-state index >= 15 is 0 Å². The number of quaternary nitrogens is 1. The number of carbonyl (C=O) groups excluding carboxylic acids is 2. The van der Waals surface area contributed by atoms with Crippen LogP contribution in [0.15, 0.2) is 72.8 Å². The summed E-state index contributed by atoms with van der Waals surface area (Å²) < 4.78 is 0. The third-order valence-electron chi connectivity index (χ3n) is 3.40. The lowest BCUT2D eigenvalue weighted by molar-refractivity contribution is -0.855. The van der Waals surface area contributed by atoms with Crippen molar-refractivity contribution in [2.75, 3.05) is 31.3 Å². The number of anilines is 2. The number of para-hydroxylation sites is 2. The molecule has 0 radical (unpaired) electrons. The van der Waals surface area contributed by atoms with Crippen molar-refractivity contribution in [3.8, 4) is 0 Å². The molecule has 2 rings (SSSR count). The lowest BCUT2D eigenvalue weighted by atomic mass is 10.2. The van der Waals surface area contributed by atoms with E-state index in [9.17, 15) is 19.5 Å². The molecule has 0 aliphatic heterocycles. The number of hydrogen-bond acceptors (Lipinski definition) is 5. The molecule has 2 aromatic carbocycles. The van der Waals surface area contributed by atoms with Crippen molar-refractivity contribution in [2.24, 2.45) is 0 Å². The van der Waals surface area contributed by atoms with Crippen molar-refractivity contribution in [1.29, 1.82) is 0 Å². The highest BCUT2D eigenvalue weighted by Crippen LogP contribution is 2.28. The molecular weight excluding hydrogens is 392 g/mol. The lowest BCUT2D eigenvalue weighted by Crippen LogP contribution is -3.06. The average molecular weight is 416 g/mol. The second kappa shape index (κ2) is 13.1. The lowest BCUT2D eigenvalue weighted by Gasteiger charge is -2.22. The van der Waals surface area contributed by atoms with Gasteiger partial charge < -0.3 is 19.9 Å². The Morgan fingerprint density at radius 1 is 0.966 bits per heavy atom. The summed E-state index contributed by atoms with van der Waals surface area (Å²) in [6.07, 6.45) is 0.942. The van der Waals surface area contributed by atoms with Crippen LogP contribution < -0.4 is 14.9 Å². The first-order valence-electron chi connectivity index (χ1n) is 8.79. The number of nitrogens with one attached hydrogen (secondary N) is 1. The predicted molar refractivity (Wildman–Crippen MR) is 112 cm³/mol. The van der Waals surface area contributed by atoms with Crippen molar-refractivity contribution >= 4 is 40.3 Å². The Kier molecular flexibility index (Phi) is 10.8. The van der Waals surface area contributed by atoms with E-state index in [1.54, 1.807) is 4.90 Å². The molecule has 0 atom stereocenters. The second-order valence-electron chi connectivity index (χ2n) is 6.07. The highest BCUT2D eigenvalue weighted by atomic mass is 32.2.